The minimum absolute atomic E-state index is 0.337. The zero-order chi connectivity index (χ0) is 14.0. The molecule has 1 nitrogen and oxygen atoms in total. The van der Waals surface area contributed by atoms with Crippen molar-refractivity contribution >= 4 is 0 Å². The molecule has 0 saturated heterocycles. The molecule has 2 rings (SSSR count). The molecular formula is C16H17F2N. The number of halogens is 2. The molecule has 1 unspecified atom stereocenters. The first-order valence-corrected chi connectivity index (χ1v) is 6.24. The van der Waals surface area contributed by atoms with Gasteiger partial charge in [-0.25, -0.2) is 8.78 Å². The molecule has 2 aromatic carbocycles. The Morgan fingerprint density at radius 2 is 1.74 bits per heavy atom. The van der Waals surface area contributed by atoms with Crippen LogP contribution in [0.5, 0.6) is 0 Å². The molecule has 0 fully saturated rings. The Morgan fingerprint density at radius 1 is 1.00 bits per heavy atom. The SMILES string of the molecule is Cc1ccc(C)c(CC(N)c2ccc(F)c(F)c2)c1. The van der Waals surface area contributed by atoms with Crippen molar-refractivity contribution in [2.45, 2.75) is 26.3 Å². The Labute approximate surface area is 112 Å². The van der Waals surface area contributed by atoms with Crippen LogP contribution in [-0.4, -0.2) is 0 Å². The molecule has 3 heteroatoms. The number of aryl methyl sites for hydroxylation is 2. The van der Waals surface area contributed by atoms with E-state index in [4.69, 9.17) is 5.73 Å². The summed E-state index contributed by atoms with van der Waals surface area (Å²) in [6.07, 6.45) is 0.610. The fourth-order valence-electron chi connectivity index (χ4n) is 2.12. The van der Waals surface area contributed by atoms with Crippen LogP contribution in [0.15, 0.2) is 36.4 Å². The summed E-state index contributed by atoms with van der Waals surface area (Å²) in [6.45, 7) is 4.04. The summed E-state index contributed by atoms with van der Waals surface area (Å²) in [7, 11) is 0. The van der Waals surface area contributed by atoms with Crippen LogP contribution in [0.1, 0.15) is 28.3 Å². The highest BCUT2D eigenvalue weighted by Crippen LogP contribution is 2.21. The summed E-state index contributed by atoms with van der Waals surface area (Å²) in [5.74, 6) is -1.70. The van der Waals surface area contributed by atoms with Gasteiger partial charge in [0.05, 0.1) is 0 Å². The second kappa shape index (κ2) is 5.49. The smallest absolute Gasteiger partial charge is 0.159 e. The molecule has 0 aliphatic heterocycles. The second-order valence-electron chi connectivity index (χ2n) is 4.91. The fourth-order valence-corrected chi connectivity index (χ4v) is 2.12. The zero-order valence-electron chi connectivity index (χ0n) is 11.1. The summed E-state index contributed by atoms with van der Waals surface area (Å²) in [5.41, 5.74) is 10.1. The molecule has 0 aliphatic carbocycles. The topological polar surface area (TPSA) is 26.0 Å². The quantitative estimate of drug-likeness (QED) is 0.893. The Balaban J connectivity index is 2.22. The van der Waals surface area contributed by atoms with Gasteiger partial charge in [-0.05, 0) is 49.1 Å². The third-order valence-electron chi connectivity index (χ3n) is 3.32. The minimum atomic E-state index is -0.853. The van der Waals surface area contributed by atoms with Crippen LogP contribution >= 0.6 is 0 Å². The Morgan fingerprint density at radius 3 is 2.42 bits per heavy atom. The molecule has 100 valence electrons. The van der Waals surface area contributed by atoms with E-state index in [1.165, 1.54) is 12.1 Å². The summed E-state index contributed by atoms with van der Waals surface area (Å²) >= 11 is 0. The van der Waals surface area contributed by atoms with Gasteiger partial charge in [0.25, 0.3) is 0 Å². The summed E-state index contributed by atoms with van der Waals surface area (Å²) < 4.78 is 26.1. The predicted octanol–water partition coefficient (Wildman–Crippen LogP) is 3.82. The molecule has 0 radical (unpaired) electrons. The molecule has 0 spiro atoms. The summed E-state index contributed by atoms with van der Waals surface area (Å²) in [5, 5.41) is 0. The molecule has 19 heavy (non-hydrogen) atoms. The van der Waals surface area contributed by atoms with Gasteiger partial charge in [0, 0.05) is 6.04 Å². The Hall–Kier alpha value is -1.74. The van der Waals surface area contributed by atoms with E-state index in [2.05, 4.69) is 6.07 Å². The van der Waals surface area contributed by atoms with Crippen LogP contribution in [0, 0.1) is 25.5 Å². The monoisotopic (exact) mass is 261 g/mol. The van der Waals surface area contributed by atoms with E-state index in [1.54, 1.807) is 0 Å². The van der Waals surface area contributed by atoms with Crippen LogP contribution < -0.4 is 5.73 Å². The molecule has 0 aliphatic rings. The summed E-state index contributed by atoms with van der Waals surface area (Å²) in [4.78, 5) is 0. The van der Waals surface area contributed by atoms with Crippen LogP contribution in [0.25, 0.3) is 0 Å². The molecule has 2 aromatic rings. The van der Waals surface area contributed by atoms with Crippen LogP contribution in [-0.2, 0) is 6.42 Å². The lowest BCUT2D eigenvalue weighted by atomic mass is 9.95. The van der Waals surface area contributed by atoms with Crippen molar-refractivity contribution in [2.24, 2.45) is 5.73 Å². The molecule has 0 amide bonds. The van der Waals surface area contributed by atoms with E-state index in [-0.39, 0.29) is 6.04 Å². The number of nitrogens with two attached hydrogens (primary N) is 1. The van der Waals surface area contributed by atoms with Gasteiger partial charge in [0.1, 0.15) is 0 Å². The van der Waals surface area contributed by atoms with Gasteiger partial charge >= 0.3 is 0 Å². The minimum Gasteiger partial charge on any atom is -0.324 e. The second-order valence-corrected chi connectivity index (χ2v) is 4.91. The third kappa shape index (κ3) is 3.18. The van der Waals surface area contributed by atoms with E-state index in [0.29, 0.717) is 12.0 Å². The van der Waals surface area contributed by atoms with Gasteiger partial charge in [-0.2, -0.15) is 0 Å². The third-order valence-corrected chi connectivity index (χ3v) is 3.32. The first-order valence-electron chi connectivity index (χ1n) is 6.24. The van der Waals surface area contributed by atoms with Crippen LogP contribution in [0.4, 0.5) is 8.78 Å². The maximum Gasteiger partial charge on any atom is 0.159 e. The van der Waals surface area contributed by atoms with Gasteiger partial charge in [-0.1, -0.05) is 29.8 Å². The highest BCUT2D eigenvalue weighted by molar-refractivity contribution is 5.32. The number of benzene rings is 2. The fraction of sp³-hybridized carbons (Fsp3) is 0.250. The molecule has 0 bridgehead atoms. The molecule has 1 atom stereocenters. The predicted molar refractivity (Wildman–Crippen MR) is 72.9 cm³/mol. The van der Waals surface area contributed by atoms with Crippen LogP contribution in [0.2, 0.25) is 0 Å². The molecule has 0 heterocycles. The maximum atomic E-state index is 13.2. The van der Waals surface area contributed by atoms with Gasteiger partial charge in [-0.15, -0.1) is 0 Å². The van der Waals surface area contributed by atoms with Crippen molar-refractivity contribution in [1.29, 1.82) is 0 Å². The van der Waals surface area contributed by atoms with E-state index < -0.39 is 11.6 Å². The van der Waals surface area contributed by atoms with Gasteiger partial charge in [0.2, 0.25) is 0 Å². The van der Waals surface area contributed by atoms with E-state index in [0.717, 1.165) is 22.8 Å². The standard InChI is InChI=1S/C16H17F2N/c1-10-3-4-11(2)13(7-10)9-16(19)12-5-6-14(17)15(18)8-12/h3-8,16H,9,19H2,1-2H3. The number of rotatable bonds is 3. The van der Waals surface area contributed by atoms with Crippen molar-refractivity contribution in [1.82, 2.24) is 0 Å². The highest BCUT2D eigenvalue weighted by Gasteiger charge is 2.11. The number of hydrogen-bond donors (Lipinski definition) is 1. The lowest BCUT2D eigenvalue weighted by Crippen LogP contribution is -2.14. The van der Waals surface area contributed by atoms with Gasteiger partial charge in [0.15, 0.2) is 11.6 Å². The van der Waals surface area contributed by atoms with Crippen molar-refractivity contribution in [3.63, 3.8) is 0 Å². The summed E-state index contributed by atoms with van der Waals surface area (Å²) in [6, 6.07) is 9.66. The van der Waals surface area contributed by atoms with Crippen molar-refractivity contribution in [3.8, 4) is 0 Å². The first kappa shape index (κ1) is 13.7. The lowest BCUT2D eigenvalue weighted by molar-refractivity contribution is 0.505. The normalized spacial score (nSPS) is 12.5. The highest BCUT2D eigenvalue weighted by atomic mass is 19.2. The first-order chi connectivity index (χ1) is 8.97. The van der Waals surface area contributed by atoms with Crippen LogP contribution in [0.3, 0.4) is 0 Å². The van der Waals surface area contributed by atoms with E-state index in [1.807, 2.05) is 26.0 Å². The molecule has 0 aromatic heterocycles. The van der Waals surface area contributed by atoms with Crippen molar-refractivity contribution in [2.75, 3.05) is 0 Å². The van der Waals surface area contributed by atoms with Gasteiger partial charge < -0.3 is 5.73 Å². The Bertz CT molecular complexity index is 593. The van der Waals surface area contributed by atoms with Gasteiger partial charge in [-0.3, -0.25) is 0 Å². The average molecular weight is 261 g/mol. The Kier molecular flexibility index (Phi) is 3.96. The average Bonchev–Trinajstić information content (AvgIpc) is 2.37. The van der Waals surface area contributed by atoms with Crippen molar-refractivity contribution in [3.05, 3.63) is 70.3 Å². The largest absolute Gasteiger partial charge is 0.324 e. The molecule has 0 saturated carbocycles. The van der Waals surface area contributed by atoms with E-state index >= 15 is 0 Å². The lowest BCUT2D eigenvalue weighted by Gasteiger charge is -2.14. The van der Waals surface area contributed by atoms with E-state index in [9.17, 15) is 8.78 Å². The van der Waals surface area contributed by atoms with Crippen molar-refractivity contribution < 1.29 is 8.78 Å². The molecular weight excluding hydrogens is 244 g/mol. The zero-order valence-corrected chi connectivity index (χ0v) is 11.1. The maximum absolute atomic E-state index is 13.2. The number of hydrogen-bond acceptors (Lipinski definition) is 1. The molecule has 2 N–H and O–H groups in total.